The molecule has 0 unspecified atom stereocenters. The van der Waals surface area contributed by atoms with Gasteiger partial charge in [0.2, 0.25) is 0 Å². The number of aliphatic hydroxyl groups excluding tert-OH is 1. The fraction of sp³-hybridized carbons (Fsp3) is 0.538. The minimum absolute atomic E-state index is 0.0209. The predicted octanol–water partition coefficient (Wildman–Crippen LogP) is 2.08. The van der Waals surface area contributed by atoms with Crippen molar-refractivity contribution in [2.75, 3.05) is 18.5 Å². The van der Waals surface area contributed by atoms with E-state index in [4.69, 9.17) is 10.4 Å². The summed E-state index contributed by atoms with van der Waals surface area (Å²) in [5, 5.41) is 21.1. The summed E-state index contributed by atoms with van der Waals surface area (Å²) < 4.78 is 0. The zero-order valence-corrected chi connectivity index (χ0v) is 10.6. The van der Waals surface area contributed by atoms with Gasteiger partial charge < -0.3 is 10.4 Å². The maximum Gasteiger partial charge on any atom is 0.144 e. The highest BCUT2D eigenvalue weighted by atomic mass is 16.3. The molecule has 0 aliphatic carbocycles. The molecule has 1 aromatic heterocycles. The van der Waals surface area contributed by atoms with Gasteiger partial charge in [0.05, 0.1) is 5.56 Å². The van der Waals surface area contributed by atoms with Crippen LogP contribution in [0.5, 0.6) is 0 Å². The van der Waals surface area contributed by atoms with E-state index in [-0.39, 0.29) is 12.0 Å². The van der Waals surface area contributed by atoms with Gasteiger partial charge in [-0.3, -0.25) is 0 Å². The Morgan fingerprint density at radius 2 is 2.18 bits per heavy atom. The van der Waals surface area contributed by atoms with Crippen molar-refractivity contribution < 1.29 is 5.11 Å². The Labute approximate surface area is 102 Å². The summed E-state index contributed by atoms with van der Waals surface area (Å²) in [6.45, 7) is 6.88. The molecule has 0 spiro atoms. The van der Waals surface area contributed by atoms with Gasteiger partial charge in [0, 0.05) is 18.8 Å². The molecule has 1 aromatic rings. The summed E-state index contributed by atoms with van der Waals surface area (Å²) in [6, 6.07) is 5.71. The molecule has 0 saturated carbocycles. The summed E-state index contributed by atoms with van der Waals surface area (Å²) in [4.78, 5) is 4.31. The van der Waals surface area contributed by atoms with E-state index in [1.807, 2.05) is 13.0 Å². The number of nitrogens with zero attached hydrogens (tertiary/aromatic N) is 2. The van der Waals surface area contributed by atoms with E-state index in [1.165, 1.54) is 0 Å². The molecule has 0 amide bonds. The van der Waals surface area contributed by atoms with Crippen LogP contribution >= 0.6 is 0 Å². The lowest BCUT2D eigenvalue weighted by Gasteiger charge is -2.24. The van der Waals surface area contributed by atoms with Gasteiger partial charge in [0.1, 0.15) is 11.9 Å². The van der Waals surface area contributed by atoms with Crippen molar-refractivity contribution in [1.29, 1.82) is 5.26 Å². The maximum absolute atomic E-state index is 8.97. The lowest BCUT2D eigenvalue weighted by Crippen LogP contribution is -2.25. The fourth-order valence-electron chi connectivity index (χ4n) is 1.50. The van der Waals surface area contributed by atoms with Gasteiger partial charge in [0.25, 0.3) is 0 Å². The molecule has 0 saturated heterocycles. The number of pyridine rings is 1. The van der Waals surface area contributed by atoms with Crippen molar-refractivity contribution in [3.05, 3.63) is 23.4 Å². The standard InChI is InChI=1S/C13H19N3O/c1-10-4-5-11(8-14)12(16-10)15-9-13(2,3)6-7-17/h4-5,17H,6-7,9H2,1-3H3,(H,15,16). The van der Waals surface area contributed by atoms with Crippen LogP contribution < -0.4 is 5.32 Å². The second kappa shape index (κ2) is 5.65. The Kier molecular flexibility index (Phi) is 4.47. The Hall–Kier alpha value is -1.60. The fourth-order valence-corrected chi connectivity index (χ4v) is 1.50. The van der Waals surface area contributed by atoms with Crippen LogP contribution in [0.2, 0.25) is 0 Å². The van der Waals surface area contributed by atoms with E-state index < -0.39 is 0 Å². The molecule has 1 heterocycles. The summed E-state index contributed by atoms with van der Waals surface area (Å²) in [5.74, 6) is 0.624. The molecular formula is C13H19N3O. The number of rotatable bonds is 5. The molecule has 0 radical (unpaired) electrons. The smallest absolute Gasteiger partial charge is 0.144 e. The van der Waals surface area contributed by atoms with Gasteiger partial charge >= 0.3 is 0 Å². The number of aryl methyl sites for hydroxylation is 1. The zero-order chi connectivity index (χ0) is 12.9. The second-order valence-electron chi connectivity index (χ2n) is 4.95. The third-order valence-electron chi connectivity index (χ3n) is 2.68. The van der Waals surface area contributed by atoms with Crippen LogP contribution in [0.15, 0.2) is 12.1 Å². The number of nitrogens with one attached hydrogen (secondary N) is 1. The average molecular weight is 233 g/mol. The van der Waals surface area contributed by atoms with Crippen molar-refractivity contribution in [2.45, 2.75) is 27.2 Å². The Morgan fingerprint density at radius 3 is 2.76 bits per heavy atom. The first-order valence-corrected chi connectivity index (χ1v) is 5.71. The molecule has 4 nitrogen and oxygen atoms in total. The number of aromatic nitrogens is 1. The molecular weight excluding hydrogens is 214 g/mol. The first-order valence-electron chi connectivity index (χ1n) is 5.71. The Morgan fingerprint density at radius 1 is 1.47 bits per heavy atom. The third-order valence-corrected chi connectivity index (χ3v) is 2.68. The van der Waals surface area contributed by atoms with E-state index in [1.54, 1.807) is 6.07 Å². The highest BCUT2D eigenvalue weighted by molar-refractivity contribution is 5.52. The van der Waals surface area contributed by atoms with Crippen LogP contribution in [-0.2, 0) is 0 Å². The third kappa shape index (κ3) is 4.04. The molecule has 0 bridgehead atoms. The zero-order valence-electron chi connectivity index (χ0n) is 10.6. The highest BCUT2D eigenvalue weighted by Crippen LogP contribution is 2.21. The Balaban J connectivity index is 2.75. The highest BCUT2D eigenvalue weighted by Gasteiger charge is 2.17. The van der Waals surface area contributed by atoms with Crippen LogP contribution in [0.1, 0.15) is 31.5 Å². The summed E-state index contributed by atoms with van der Waals surface area (Å²) in [7, 11) is 0. The lowest BCUT2D eigenvalue weighted by atomic mass is 9.90. The minimum Gasteiger partial charge on any atom is -0.396 e. The van der Waals surface area contributed by atoms with Crippen LogP contribution in [0.3, 0.4) is 0 Å². The van der Waals surface area contributed by atoms with Gasteiger partial charge in [-0.15, -0.1) is 0 Å². The van der Waals surface area contributed by atoms with Gasteiger partial charge in [-0.25, -0.2) is 4.98 Å². The molecule has 92 valence electrons. The largest absolute Gasteiger partial charge is 0.396 e. The van der Waals surface area contributed by atoms with Crippen molar-refractivity contribution in [3.63, 3.8) is 0 Å². The van der Waals surface area contributed by atoms with Crippen molar-refractivity contribution >= 4 is 5.82 Å². The number of anilines is 1. The molecule has 0 aliphatic heterocycles. The van der Waals surface area contributed by atoms with E-state index in [9.17, 15) is 0 Å². The monoisotopic (exact) mass is 233 g/mol. The molecule has 2 N–H and O–H groups in total. The molecule has 0 fully saturated rings. The number of hydrogen-bond donors (Lipinski definition) is 2. The second-order valence-corrected chi connectivity index (χ2v) is 4.95. The van der Waals surface area contributed by atoms with Crippen LogP contribution in [0, 0.1) is 23.7 Å². The average Bonchev–Trinajstić information content (AvgIpc) is 2.27. The van der Waals surface area contributed by atoms with E-state index in [0.717, 1.165) is 5.69 Å². The number of aliphatic hydroxyl groups is 1. The lowest BCUT2D eigenvalue weighted by molar-refractivity contribution is 0.220. The summed E-state index contributed by atoms with van der Waals surface area (Å²) in [5.41, 5.74) is 1.41. The van der Waals surface area contributed by atoms with Crippen molar-refractivity contribution in [1.82, 2.24) is 4.98 Å². The SMILES string of the molecule is Cc1ccc(C#N)c(NCC(C)(C)CCO)n1. The van der Waals surface area contributed by atoms with Gasteiger partial charge in [-0.2, -0.15) is 5.26 Å². The number of nitriles is 1. The van der Waals surface area contributed by atoms with E-state index in [2.05, 4.69) is 30.2 Å². The summed E-state index contributed by atoms with van der Waals surface area (Å²) >= 11 is 0. The number of hydrogen-bond acceptors (Lipinski definition) is 4. The molecule has 0 atom stereocenters. The maximum atomic E-state index is 8.97. The first kappa shape index (κ1) is 13.5. The Bertz CT molecular complexity index is 421. The first-order chi connectivity index (χ1) is 7.98. The van der Waals surface area contributed by atoms with Crippen molar-refractivity contribution in [3.8, 4) is 6.07 Å². The molecule has 17 heavy (non-hydrogen) atoms. The normalized spacial score (nSPS) is 11.0. The van der Waals surface area contributed by atoms with Crippen LogP contribution in [0.25, 0.3) is 0 Å². The minimum atomic E-state index is -0.0209. The topological polar surface area (TPSA) is 68.9 Å². The van der Waals surface area contributed by atoms with Gasteiger partial charge in [0.15, 0.2) is 0 Å². The summed E-state index contributed by atoms with van der Waals surface area (Å²) in [6.07, 6.45) is 0.716. The van der Waals surface area contributed by atoms with Gasteiger partial charge in [-0.05, 0) is 30.9 Å². The molecule has 0 aliphatic rings. The van der Waals surface area contributed by atoms with Crippen LogP contribution in [-0.4, -0.2) is 23.2 Å². The van der Waals surface area contributed by atoms with Crippen LogP contribution in [0.4, 0.5) is 5.82 Å². The van der Waals surface area contributed by atoms with Gasteiger partial charge in [-0.1, -0.05) is 13.8 Å². The van der Waals surface area contributed by atoms with Crippen molar-refractivity contribution in [2.24, 2.45) is 5.41 Å². The van der Waals surface area contributed by atoms with E-state index in [0.29, 0.717) is 24.3 Å². The predicted molar refractivity (Wildman–Crippen MR) is 67.7 cm³/mol. The van der Waals surface area contributed by atoms with E-state index >= 15 is 0 Å². The molecule has 4 heteroatoms. The quantitative estimate of drug-likeness (QED) is 0.817. The molecule has 1 rings (SSSR count). The molecule has 0 aromatic carbocycles.